The maximum Gasteiger partial charge on any atom is 0.434 e. The zero-order chi connectivity index (χ0) is 15.7. The number of alkyl halides is 3. The first-order valence-corrected chi connectivity index (χ1v) is 8.15. The fourth-order valence-corrected chi connectivity index (χ4v) is 2.63. The van der Waals surface area contributed by atoms with Gasteiger partial charge >= 0.3 is 6.18 Å². The van der Waals surface area contributed by atoms with Crippen molar-refractivity contribution in [3.8, 4) is 0 Å². The quantitative estimate of drug-likeness (QED) is 0.347. The Hall–Kier alpha value is -1.22. The number of guanidine groups is 1. The first-order valence-electron chi connectivity index (χ1n) is 6.12. The molecule has 1 aromatic rings. The second-order valence-electron chi connectivity index (χ2n) is 3.84. The van der Waals surface area contributed by atoms with Gasteiger partial charge in [0.25, 0.3) is 0 Å². The van der Waals surface area contributed by atoms with E-state index in [2.05, 4.69) is 27.2 Å². The summed E-state index contributed by atoms with van der Waals surface area (Å²) in [6.07, 6.45) is -2.56. The Kier molecular flexibility index (Phi) is 7.58. The van der Waals surface area contributed by atoms with Gasteiger partial charge in [0.1, 0.15) is 5.01 Å². The molecule has 0 atom stereocenters. The van der Waals surface area contributed by atoms with Crippen molar-refractivity contribution >= 4 is 29.1 Å². The number of hydrogen-bond donors (Lipinski definition) is 2. The average molecular weight is 338 g/mol. The van der Waals surface area contributed by atoms with Gasteiger partial charge < -0.3 is 10.6 Å². The third kappa shape index (κ3) is 6.85. The maximum absolute atomic E-state index is 12.4. The van der Waals surface area contributed by atoms with Crippen LogP contribution >= 0.6 is 23.1 Å². The molecule has 0 bridgehead atoms. The van der Waals surface area contributed by atoms with E-state index in [0.29, 0.717) is 17.5 Å². The lowest BCUT2D eigenvalue weighted by Crippen LogP contribution is -2.38. The minimum atomic E-state index is -4.39. The number of halogens is 3. The highest BCUT2D eigenvalue weighted by atomic mass is 32.2. The molecule has 0 aliphatic heterocycles. The molecule has 4 nitrogen and oxygen atoms in total. The van der Waals surface area contributed by atoms with Crippen LogP contribution in [0.4, 0.5) is 13.2 Å². The zero-order valence-electron chi connectivity index (χ0n) is 11.5. The number of hydrogen-bond acceptors (Lipinski definition) is 4. The number of rotatable bonds is 7. The van der Waals surface area contributed by atoms with Crippen molar-refractivity contribution in [1.82, 2.24) is 15.6 Å². The molecule has 0 spiro atoms. The first-order chi connectivity index (χ1) is 9.97. The number of thiazole rings is 1. The number of nitrogens with zero attached hydrogens (tertiary/aromatic N) is 2. The topological polar surface area (TPSA) is 49.3 Å². The molecule has 0 radical (unpaired) electrons. The highest BCUT2D eigenvalue weighted by molar-refractivity contribution is 7.99. The second-order valence-corrected chi connectivity index (χ2v) is 5.93. The van der Waals surface area contributed by atoms with Crippen molar-refractivity contribution in [2.75, 3.05) is 25.1 Å². The van der Waals surface area contributed by atoms with Gasteiger partial charge in [-0.1, -0.05) is 6.08 Å². The van der Waals surface area contributed by atoms with E-state index in [1.54, 1.807) is 18.8 Å². The Balaban J connectivity index is 2.35. The van der Waals surface area contributed by atoms with Gasteiger partial charge in [-0.15, -0.1) is 17.9 Å². The van der Waals surface area contributed by atoms with E-state index in [9.17, 15) is 13.2 Å². The SMILES string of the molecule is C=CCSCCNC(=NC)NCc1nc(C(F)(F)F)cs1. The minimum Gasteiger partial charge on any atom is -0.356 e. The third-order valence-corrected chi connectivity index (χ3v) is 4.06. The standard InChI is InChI=1S/C12H17F3N4S2/c1-3-5-20-6-4-17-11(16-2)18-7-10-19-9(8-21-10)12(13,14)15/h3,8H,1,4-7H2,2H3,(H2,16,17,18). The summed E-state index contributed by atoms with van der Waals surface area (Å²) in [4.78, 5) is 7.54. The first kappa shape index (κ1) is 17.8. The lowest BCUT2D eigenvalue weighted by atomic mass is 10.5. The van der Waals surface area contributed by atoms with Gasteiger partial charge in [0.05, 0.1) is 6.54 Å². The van der Waals surface area contributed by atoms with E-state index in [1.165, 1.54) is 0 Å². The molecule has 1 heterocycles. The smallest absolute Gasteiger partial charge is 0.356 e. The summed E-state index contributed by atoms with van der Waals surface area (Å²) in [5, 5.41) is 7.39. The number of thioether (sulfide) groups is 1. The van der Waals surface area contributed by atoms with Crippen LogP contribution in [-0.4, -0.2) is 36.0 Å². The van der Waals surface area contributed by atoms with Crippen molar-refractivity contribution in [1.29, 1.82) is 0 Å². The van der Waals surface area contributed by atoms with E-state index < -0.39 is 11.9 Å². The van der Waals surface area contributed by atoms with Crippen molar-refractivity contribution in [3.05, 3.63) is 28.7 Å². The Bertz CT molecular complexity index is 471. The van der Waals surface area contributed by atoms with Crippen molar-refractivity contribution in [2.24, 2.45) is 4.99 Å². The highest BCUT2D eigenvalue weighted by Crippen LogP contribution is 2.29. The predicted octanol–water partition coefficient (Wildman–Crippen LogP) is 2.75. The molecule has 21 heavy (non-hydrogen) atoms. The van der Waals surface area contributed by atoms with Crippen LogP contribution in [0.3, 0.4) is 0 Å². The normalized spacial score (nSPS) is 12.3. The Morgan fingerprint density at radius 1 is 1.52 bits per heavy atom. The van der Waals surface area contributed by atoms with Gasteiger partial charge in [-0.25, -0.2) is 4.98 Å². The summed E-state index contributed by atoms with van der Waals surface area (Å²) in [6.45, 7) is 4.55. The summed E-state index contributed by atoms with van der Waals surface area (Å²) < 4.78 is 37.2. The molecule has 0 aliphatic carbocycles. The van der Waals surface area contributed by atoms with E-state index >= 15 is 0 Å². The van der Waals surface area contributed by atoms with Crippen LogP contribution in [0.2, 0.25) is 0 Å². The van der Waals surface area contributed by atoms with Crippen molar-refractivity contribution in [3.63, 3.8) is 0 Å². The Labute approximate surface area is 130 Å². The van der Waals surface area contributed by atoms with Crippen LogP contribution in [0.1, 0.15) is 10.7 Å². The van der Waals surface area contributed by atoms with Crippen LogP contribution in [0.25, 0.3) is 0 Å². The summed E-state index contributed by atoms with van der Waals surface area (Å²) in [5.41, 5.74) is -0.854. The molecule has 2 N–H and O–H groups in total. The molecule has 0 unspecified atom stereocenters. The number of aliphatic imine (C=N–C) groups is 1. The van der Waals surface area contributed by atoms with Gasteiger partial charge in [-0.2, -0.15) is 24.9 Å². The molecule has 0 aliphatic rings. The predicted molar refractivity (Wildman–Crippen MR) is 82.8 cm³/mol. The molecular formula is C12H17F3N4S2. The number of nitrogens with one attached hydrogen (secondary N) is 2. The molecule has 0 saturated carbocycles. The van der Waals surface area contributed by atoms with Gasteiger partial charge in [-0.05, 0) is 0 Å². The van der Waals surface area contributed by atoms with Gasteiger partial charge in [0.2, 0.25) is 0 Å². The van der Waals surface area contributed by atoms with E-state index in [-0.39, 0.29) is 6.54 Å². The Morgan fingerprint density at radius 2 is 2.29 bits per heavy atom. The summed E-state index contributed by atoms with van der Waals surface area (Å²) in [7, 11) is 1.61. The lowest BCUT2D eigenvalue weighted by Gasteiger charge is -2.10. The molecule has 0 aromatic carbocycles. The lowest BCUT2D eigenvalue weighted by molar-refractivity contribution is -0.140. The van der Waals surface area contributed by atoms with E-state index in [4.69, 9.17) is 0 Å². The largest absolute Gasteiger partial charge is 0.434 e. The minimum absolute atomic E-state index is 0.209. The molecule has 1 aromatic heterocycles. The molecule has 0 fully saturated rings. The summed E-state index contributed by atoms with van der Waals surface area (Å²) in [5.74, 6) is 2.31. The van der Waals surface area contributed by atoms with E-state index in [0.717, 1.165) is 28.2 Å². The van der Waals surface area contributed by atoms with Crippen molar-refractivity contribution < 1.29 is 13.2 Å². The highest BCUT2D eigenvalue weighted by Gasteiger charge is 2.33. The summed E-state index contributed by atoms with van der Waals surface area (Å²) in [6, 6.07) is 0. The van der Waals surface area contributed by atoms with Crippen LogP contribution in [0.5, 0.6) is 0 Å². The Morgan fingerprint density at radius 3 is 2.86 bits per heavy atom. The summed E-state index contributed by atoms with van der Waals surface area (Å²) >= 11 is 2.70. The van der Waals surface area contributed by atoms with Gasteiger partial charge in [0.15, 0.2) is 11.7 Å². The fourth-order valence-electron chi connectivity index (χ4n) is 1.31. The molecule has 9 heteroatoms. The van der Waals surface area contributed by atoms with Gasteiger partial charge in [0, 0.05) is 30.5 Å². The van der Waals surface area contributed by atoms with Crippen LogP contribution in [0, 0.1) is 0 Å². The van der Waals surface area contributed by atoms with Crippen molar-refractivity contribution in [2.45, 2.75) is 12.7 Å². The van der Waals surface area contributed by atoms with E-state index in [1.807, 2.05) is 6.08 Å². The van der Waals surface area contributed by atoms with Crippen LogP contribution < -0.4 is 10.6 Å². The third-order valence-electron chi connectivity index (χ3n) is 2.25. The average Bonchev–Trinajstić information content (AvgIpc) is 2.91. The molecule has 1 rings (SSSR count). The van der Waals surface area contributed by atoms with Crippen LogP contribution in [-0.2, 0) is 12.7 Å². The fraction of sp³-hybridized carbons (Fsp3) is 0.500. The number of aromatic nitrogens is 1. The molecular weight excluding hydrogens is 321 g/mol. The zero-order valence-corrected chi connectivity index (χ0v) is 13.2. The van der Waals surface area contributed by atoms with Gasteiger partial charge in [-0.3, -0.25) is 4.99 Å². The second kappa shape index (κ2) is 8.93. The van der Waals surface area contributed by atoms with Crippen LogP contribution in [0.15, 0.2) is 23.0 Å². The monoisotopic (exact) mass is 338 g/mol. The molecule has 0 saturated heterocycles. The maximum atomic E-state index is 12.4. The molecule has 118 valence electrons. The molecule has 0 amide bonds.